The number of amides is 1. The highest BCUT2D eigenvalue weighted by Gasteiger charge is 2.50. The minimum absolute atomic E-state index is 0.350. The van der Waals surface area contributed by atoms with Crippen LogP contribution in [-0.4, -0.2) is 24.1 Å². The molecule has 0 aliphatic carbocycles. The molecule has 4 atom stereocenters. The van der Waals surface area contributed by atoms with Crippen LogP contribution in [0.2, 0.25) is 0 Å². The zero-order chi connectivity index (χ0) is 14.3. The first-order chi connectivity index (χ1) is 9.56. The number of rotatable bonds is 3. The summed E-state index contributed by atoms with van der Waals surface area (Å²) in [5, 5.41) is 13.9. The van der Waals surface area contributed by atoms with Crippen molar-refractivity contribution in [2.45, 2.75) is 12.2 Å². The van der Waals surface area contributed by atoms with Gasteiger partial charge in [0, 0.05) is 21.1 Å². The van der Waals surface area contributed by atoms with Crippen molar-refractivity contribution in [3.63, 3.8) is 0 Å². The van der Waals surface area contributed by atoms with Crippen molar-refractivity contribution in [2.75, 3.05) is 5.32 Å². The third-order valence-corrected chi connectivity index (χ3v) is 4.31. The molecule has 1 fully saturated rings. The molecule has 0 unspecified atom stereocenters. The summed E-state index contributed by atoms with van der Waals surface area (Å²) >= 11 is 2.17. The van der Waals surface area contributed by atoms with Crippen LogP contribution in [0.25, 0.3) is 0 Å². The van der Waals surface area contributed by atoms with Gasteiger partial charge in [-0.3, -0.25) is 4.79 Å². The number of benzene rings is 1. The number of carboxylic acid groups (broad SMARTS) is 1. The Labute approximate surface area is 129 Å². The van der Waals surface area contributed by atoms with Gasteiger partial charge in [-0.25, -0.2) is 0 Å². The number of aliphatic carboxylic acids is 1. The van der Waals surface area contributed by atoms with E-state index in [1.54, 1.807) is 24.3 Å². The van der Waals surface area contributed by atoms with Crippen molar-refractivity contribution in [3.8, 4) is 0 Å². The van der Waals surface area contributed by atoms with E-state index in [2.05, 4.69) is 27.9 Å². The van der Waals surface area contributed by atoms with Gasteiger partial charge in [0.1, 0.15) is 0 Å². The standard InChI is InChI=1S/C14H12INO4/c15-7-1-3-8(4-2-7)16-13(17)11-9-5-6-10(20-9)12(11)14(18)19/h1-6,9-12H,(H,16,17)(H,18,19)/p-1/t9-,10+,11+,12-/m1/s1. The monoisotopic (exact) mass is 384 g/mol. The highest BCUT2D eigenvalue weighted by molar-refractivity contribution is 14.1. The number of halogens is 1. The second kappa shape index (κ2) is 5.17. The minimum atomic E-state index is -1.25. The molecule has 1 aromatic carbocycles. The topological polar surface area (TPSA) is 78.5 Å². The fraction of sp³-hybridized carbons (Fsp3) is 0.286. The lowest BCUT2D eigenvalue weighted by molar-refractivity contribution is -0.313. The quantitative estimate of drug-likeness (QED) is 0.610. The van der Waals surface area contributed by atoms with E-state index in [9.17, 15) is 14.7 Å². The SMILES string of the molecule is O=C(Nc1ccc(I)cc1)[C@@H]1[C@H](C(=O)[O-])[C@@H]2C=C[C@H]1O2. The third kappa shape index (κ3) is 2.33. The van der Waals surface area contributed by atoms with Crippen LogP contribution in [0.3, 0.4) is 0 Å². The number of ether oxygens (including phenoxy) is 1. The van der Waals surface area contributed by atoms with Gasteiger partial charge in [-0.05, 0) is 46.9 Å². The van der Waals surface area contributed by atoms with E-state index in [1.165, 1.54) is 0 Å². The molecule has 0 aromatic heterocycles. The van der Waals surface area contributed by atoms with E-state index >= 15 is 0 Å². The Morgan fingerprint density at radius 2 is 1.70 bits per heavy atom. The predicted octanol–water partition coefficient (Wildman–Crippen LogP) is 0.549. The summed E-state index contributed by atoms with van der Waals surface area (Å²) in [5.41, 5.74) is 0.638. The molecule has 0 spiro atoms. The highest BCUT2D eigenvalue weighted by atomic mass is 127. The van der Waals surface area contributed by atoms with Crippen molar-refractivity contribution >= 4 is 40.2 Å². The van der Waals surface area contributed by atoms with Gasteiger partial charge in [-0.15, -0.1) is 0 Å². The van der Waals surface area contributed by atoms with Gasteiger partial charge in [0.05, 0.1) is 18.1 Å². The fourth-order valence-corrected chi connectivity index (χ4v) is 3.02. The van der Waals surface area contributed by atoms with Gasteiger partial charge in [-0.1, -0.05) is 12.2 Å². The van der Waals surface area contributed by atoms with Gasteiger partial charge in [-0.2, -0.15) is 0 Å². The third-order valence-electron chi connectivity index (χ3n) is 3.59. The molecule has 1 amide bonds. The van der Waals surface area contributed by atoms with Crippen molar-refractivity contribution in [3.05, 3.63) is 40.0 Å². The Balaban J connectivity index is 1.78. The van der Waals surface area contributed by atoms with Crippen LogP contribution in [0, 0.1) is 15.4 Å². The Hall–Kier alpha value is -1.41. The number of nitrogens with one attached hydrogen (secondary N) is 1. The molecule has 1 N–H and O–H groups in total. The van der Waals surface area contributed by atoms with E-state index < -0.39 is 30.0 Å². The summed E-state index contributed by atoms with van der Waals surface area (Å²) in [4.78, 5) is 23.5. The van der Waals surface area contributed by atoms with E-state index in [1.807, 2.05) is 12.1 Å². The molecule has 5 nitrogen and oxygen atoms in total. The van der Waals surface area contributed by atoms with Crippen LogP contribution in [0.15, 0.2) is 36.4 Å². The molecule has 2 aliphatic rings. The maximum Gasteiger partial charge on any atom is 0.231 e. The Bertz CT molecular complexity index is 583. The summed E-state index contributed by atoms with van der Waals surface area (Å²) in [7, 11) is 0. The zero-order valence-corrected chi connectivity index (χ0v) is 12.4. The van der Waals surface area contributed by atoms with E-state index in [4.69, 9.17) is 4.74 Å². The zero-order valence-electron chi connectivity index (χ0n) is 10.3. The van der Waals surface area contributed by atoms with Crippen LogP contribution >= 0.6 is 22.6 Å². The Kier molecular flexibility index (Phi) is 3.51. The van der Waals surface area contributed by atoms with Crippen molar-refractivity contribution < 1.29 is 19.4 Å². The summed E-state index contributed by atoms with van der Waals surface area (Å²) in [6, 6.07) is 7.28. The van der Waals surface area contributed by atoms with E-state index in [-0.39, 0.29) is 5.91 Å². The Morgan fingerprint density at radius 3 is 2.30 bits per heavy atom. The molecular weight excluding hydrogens is 373 g/mol. The van der Waals surface area contributed by atoms with E-state index in [0.717, 1.165) is 3.57 Å². The summed E-state index contributed by atoms with van der Waals surface area (Å²) in [6.07, 6.45) is 2.38. The summed E-state index contributed by atoms with van der Waals surface area (Å²) < 4.78 is 6.50. The lowest BCUT2D eigenvalue weighted by Crippen LogP contribution is -2.45. The van der Waals surface area contributed by atoms with Crippen LogP contribution in [-0.2, 0) is 14.3 Å². The molecule has 1 aromatic rings. The predicted molar refractivity (Wildman–Crippen MR) is 77.6 cm³/mol. The average molecular weight is 384 g/mol. The normalized spacial score (nSPS) is 30.4. The lowest BCUT2D eigenvalue weighted by atomic mass is 9.82. The Morgan fingerprint density at radius 1 is 1.10 bits per heavy atom. The summed E-state index contributed by atoms with van der Waals surface area (Å²) in [5.74, 6) is -3.26. The molecule has 3 rings (SSSR count). The lowest BCUT2D eigenvalue weighted by Gasteiger charge is -2.24. The maximum atomic E-state index is 12.3. The number of anilines is 1. The highest BCUT2D eigenvalue weighted by Crippen LogP contribution is 2.39. The minimum Gasteiger partial charge on any atom is -0.550 e. The largest absolute Gasteiger partial charge is 0.550 e. The molecule has 0 radical (unpaired) electrons. The van der Waals surface area contributed by atoms with Crippen molar-refractivity contribution in [2.24, 2.45) is 11.8 Å². The molecule has 0 saturated carbocycles. The molecule has 2 heterocycles. The molecular formula is C14H11INO4-. The van der Waals surface area contributed by atoms with Gasteiger partial charge in [0.15, 0.2) is 0 Å². The first-order valence-corrected chi connectivity index (χ1v) is 7.25. The van der Waals surface area contributed by atoms with Crippen LogP contribution < -0.4 is 10.4 Å². The summed E-state index contributed by atoms with van der Waals surface area (Å²) in [6.45, 7) is 0. The number of fused-ring (bicyclic) bond motifs is 2. The smallest absolute Gasteiger partial charge is 0.231 e. The number of hydrogen-bond donors (Lipinski definition) is 1. The first kappa shape index (κ1) is 13.6. The average Bonchev–Trinajstić information content (AvgIpc) is 3.01. The van der Waals surface area contributed by atoms with E-state index in [0.29, 0.717) is 5.69 Å². The van der Waals surface area contributed by atoms with Gasteiger partial charge in [0.2, 0.25) is 5.91 Å². The second-order valence-corrected chi connectivity index (χ2v) is 6.06. The number of carbonyl (C=O) groups excluding carboxylic acids is 2. The fourth-order valence-electron chi connectivity index (χ4n) is 2.66. The van der Waals surface area contributed by atoms with Crippen LogP contribution in [0.1, 0.15) is 0 Å². The van der Waals surface area contributed by atoms with Gasteiger partial charge in [0.25, 0.3) is 0 Å². The number of hydrogen-bond acceptors (Lipinski definition) is 4. The second-order valence-electron chi connectivity index (χ2n) is 4.82. The van der Waals surface area contributed by atoms with Gasteiger partial charge >= 0.3 is 0 Å². The molecule has 1 saturated heterocycles. The van der Waals surface area contributed by atoms with Crippen LogP contribution in [0.5, 0.6) is 0 Å². The molecule has 2 aliphatic heterocycles. The van der Waals surface area contributed by atoms with Gasteiger partial charge < -0.3 is 20.0 Å². The number of carbonyl (C=O) groups is 2. The molecule has 104 valence electrons. The van der Waals surface area contributed by atoms with Crippen LogP contribution in [0.4, 0.5) is 5.69 Å². The van der Waals surface area contributed by atoms with Crippen molar-refractivity contribution in [1.29, 1.82) is 0 Å². The molecule has 6 heteroatoms. The maximum absolute atomic E-state index is 12.3. The first-order valence-electron chi connectivity index (χ1n) is 6.17. The molecule has 20 heavy (non-hydrogen) atoms. The molecule has 2 bridgehead atoms. The number of carboxylic acids is 1. The van der Waals surface area contributed by atoms with Crippen molar-refractivity contribution in [1.82, 2.24) is 0 Å².